The molecule has 2 N–H and O–H groups in total. The third kappa shape index (κ3) is 3.31. The van der Waals surface area contributed by atoms with Crippen LogP contribution < -0.4 is 5.32 Å². The fourth-order valence-corrected chi connectivity index (χ4v) is 1.76. The topological polar surface area (TPSA) is 62.2 Å². The summed E-state index contributed by atoms with van der Waals surface area (Å²) in [5.41, 5.74) is 2.62. The molecule has 0 fully saturated rings. The van der Waals surface area contributed by atoms with Crippen LogP contribution >= 0.6 is 0 Å². The summed E-state index contributed by atoms with van der Waals surface area (Å²) in [6, 6.07) is 13.1. The Labute approximate surface area is 112 Å². The number of nitrogens with one attached hydrogen (secondary N) is 1. The summed E-state index contributed by atoms with van der Waals surface area (Å²) in [6.45, 7) is 3.61. The van der Waals surface area contributed by atoms with Gasteiger partial charge in [-0.25, -0.2) is 4.98 Å². The molecular formula is C15H16N2O2. The van der Waals surface area contributed by atoms with Gasteiger partial charge in [-0.1, -0.05) is 18.2 Å². The van der Waals surface area contributed by atoms with Gasteiger partial charge in [0, 0.05) is 11.4 Å². The van der Waals surface area contributed by atoms with Crippen LogP contribution in [-0.4, -0.2) is 16.1 Å². The van der Waals surface area contributed by atoms with E-state index >= 15 is 0 Å². The monoisotopic (exact) mass is 256 g/mol. The molecular weight excluding hydrogens is 240 g/mol. The zero-order valence-electron chi connectivity index (χ0n) is 10.9. The highest BCUT2D eigenvalue weighted by atomic mass is 16.4. The molecule has 0 saturated heterocycles. The van der Waals surface area contributed by atoms with Gasteiger partial charge >= 0.3 is 5.97 Å². The summed E-state index contributed by atoms with van der Waals surface area (Å²) >= 11 is 0. The van der Waals surface area contributed by atoms with Crippen LogP contribution in [0.25, 0.3) is 0 Å². The normalized spacial score (nSPS) is 11.9. The van der Waals surface area contributed by atoms with E-state index in [-0.39, 0.29) is 0 Å². The van der Waals surface area contributed by atoms with Crippen molar-refractivity contribution in [3.05, 3.63) is 53.7 Å². The molecule has 0 saturated carbocycles. The Kier molecular flexibility index (Phi) is 3.80. The van der Waals surface area contributed by atoms with Crippen molar-refractivity contribution in [2.24, 2.45) is 0 Å². The molecule has 2 rings (SSSR count). The smallest absolute Gasteiger partial charge is 0.310 e. The molecule has 1 heterocycles. The second-order valence-corrected chi connectivity index (χ2v) is 4.47. The molecule has 0 bridgehead atoms. The molecule has 0 spiro atoms. The number of aromatic nitrogens is 1. The Morgan fingerprint density at radius 3 is 2.47 bits per heavy atom. The van der Waals surface area contributed by atoms with E-state index in [1.165, 1.54) is 0 Å². The Morgan fingerprint density at radius 1 is 1.21 bits per heavy atom. The van der Waals surface area contributed by atoms with Crippen LogP contribution in [-0.2, 0) is 4.79 Å². The van der Waals surface area contributed by atoms with Gasteiger partial charge in [-0.05, 0) is 43.7 Å². The molecule has 0 amide bonds. The summed E-state index contributed by atoms with van der Waals surface area (Å²) in [5, 5.41) is 12.1. The predicted molar refractivity (Wildman–Crippen MR) is 74.7 cm³/mol. The summed E-state index contributed by atoms with van der Waals surface area (Å²) in [5.74, 6) is -0.536. The zero-order chi connectivity index (χ0) is 13.8. The molecule has 1 aromatic carbocycles. The number of carboxylic acids is 1. The van der Waals surface area contributed by atoms with Crippen LogP contribution in [0.4, 0.5) is 11.5 Å². The van der Waals surface area contributed by atoms with E-state index in [1.807, 2.05) is 49.4 Å². The van der Waals surface area contributed by atoms with Crippen molar-refractivity contribution in [2.45, 2.75) is 19.8 Å². The first-order chi connectivity index (χ1) is 9.06. The molecule has 19 heavy (non-hydrogen) atoms. The van der Waals surface area contributed by atoms with Gasteiger partial charge < -0.3 is 10.4 Å². The van der Waals surface area contributed by atoms with Gasteiger partial charge in [0.15, 0.2) is 0 Å². The Balaban J connectivity index is 2.13. The molecule has 0 aliphatic rings. The van der Waals surface area contributed by atoms with Crippen molar-refractivity contribution in [3.8, 4) is 0 Å². The largest absolute Gasteiger partial charge is 0.481 e. The standard InChI is InChI=1S/C15H16N2O2/c1-10-4-3-5-14(16-10)17-13-8-6-12(7-9-13)11(2)15(18)19/h3-9,11H,1-2H3,(H,16,17)(H,18,19)/t11-/m1/s1. The van der Waals surface area contributed by atoms with E-state index in [9.17, 15) is 4.79 Å². The van der Waals surface area contributed by atoms with Gasteiger partial charge in [0.1, 0.15) is 5.82 Å². The average Bonchev–Trinajstić information content (AvgIpc) is 2.39. The molecule has 4 nitrogen and oxygen atoms in total. The lowest BCUT2D eigenvalue weighted by Gasteiger charge is -2.09. The first-order valence-corrected chi connectivity index (χ1v) is 6.10. The minimum absolute atomic E-state index is 0.494. The lowest BCUT2D eigenvalue weighted by Crippen LogP contribution is -2.07. The third-order valence-corrected chi connectivity index (χ3v) is 2.94. The molecule has 0 unspecified atom stereocenters. The summed E-state index contributed by atoms with van der Waals surface area (Å²) in [4.78, 5) is 15.2. The zero-order valence-corrected chi connectivity index (χ0v) is 10.9. The number of pyridine rings is 1. The van der Waals surface area contributed by atoms with Gasteiger partial charge in [0.25, 0.3) is 0 Å². The second kappa shape index (κ2) is 5.52. The molecule has 0 aliphatic carbocycles. The van der Waals surface area contributed by atoms with Crippen molar-refractivity contribution in [1.29, 1.82) is 0 Å². The number of rotatable bonds is 4. The number of carboxylic acid groups (broad SMARTS) is 1. The van der Waals surface area contributed by atoms with E-state index in [0.717, 1.165) is 22.8 Å². The average molecular weight is 256 g/mol. The highest BCUT2D eigenvalue weighted by Gasteiger charge is 2.12. The van der Waals surface area contributed by atoms with E-state index in [2.05, 4.69) is 10.3 Å². The van der Waals surface area contributed by atoms with Crippen molar-refractivity contribution >= 4 is 17.5 Å². The molecule has 2 aromatic rings. The SMILES string of the molecule is Cc1cccc(Nc2ccc([C@@H](C)C(=O)O)cc2)n1. The third-order valence-electron chi connectivity index (χ3n) is 2.94. The number of carbonyl (C=O) groups is 1. The quantitative estimate of drug-likeness (QED) is 0.880. The maximum Gasteiger partial charge on any atom is 0.310 e. The molecule has 0 radical (unpaired) electrons. The van der Waals surface area contributed by atoms with Gasteiger partial charge in [-0.3, -0.25) is 4.79 Å². The van der Waals surface area contributed by atoms with Gasteiger partial charge in [-0.2, -0.15) is 0 Å². The summed E-state index contributed by atoms with van der Waals surface area (Å²) in [6.07, 6.45) is 0. The number of benzene rings is 1. The van der Waals surface area contributed by atoms with Gasteiger partial charge in [0.2, 0.25) is 0 Å². The van der Waals surface area contributed by atoms with Crippen LogP contribution in [0, 0.1) is 6.92 Å². The number of nitrogens with zero attached hydrogens (tertiary/aromatic N) is 1. The first-order valence-electron chi connectivity index (χ1n) is 6.10. The first kappa shape index (κ1) is 13.1. The number of aliphatic carboxylic acids is 1. The summed E-state index contributed by atoms with van der Waals surface area (Å²) in [7, 11) is 0. The van der Waals surface area contributed by atoms with Crippen LogP contribution in [0.1, 0.15) is 24.1 Å². The van der Waals surface area contributed by atoms with Crippen LogP contribution in [0.5, 0.6) is 0 Å². The summed E-state index contributed by atoms with van der Waals surface area (Å²) < 4.78 is 0. The maximum atomic E-state index is 10.9. The maximum absolute atomic E-state index is 10.9. The number of aryl methyl sites for hydroxylation is 1. The highest BCUT2D eigenvalue weighted by Crippen LogP contribution is 2.20. The minimum atomic E-state index is -0.818. The van der Waals surface area contributed by atoms with Crippen molar-refractivity contribution in [3.63, 3.8) is 0 Å². The molecule has 1 aromatic heterocycles. The number of hydrogen-bond acceptors (Lipinski definition) is 3. The van der Waals surface area contributed by atoms with E-state index in [0.29, 0.717) is 0 Å². The molecule has 98 valence electrons. The van der Waals surface area contributed by atoms with Gasteiger partial charge in [-0.15, -0.1) is 0 Å². The van der Waals surface area contributed by atoms with Gasteiger partial charge in [0.05, 0.1) is 5.92 Å². The van der Waals surface area contributed by atoms with E-state index in [4.69, 9.17) is 5.11 Å². The number of hydrogen-bond donors (Lipinski definition) is 2. The van der Waals surface area contributed by atoms with E-state index < -0.39 is 11.9 Å². The second-order valence-electron chi connectivity index (χ2n) is 4.47. The van der Waals surface area contributed by atoms with Crippen molar-refractivity contribution in [2.75, 3.05) is 5.32 Å². The highest BCUT2D eigenvalue weighted by molar-refractivity contribution is 5.75. The lowest BCUT2D eigenvalue weighted by atomic mass is 10.0. The number of anilines is 2. The Bertz CT molecular complexity index is 579. The predicted octanol–water partition coefficient (Wildman–Crippen LogP) is 3.32. The van der Waals surface area contributed by atoms with Crippen LogP contribution in [0.3, 0.4) is 0 Å². The fraction of sp³-hybridized carbons (Fsp3) is 0.200. The molecule has 1 atom stereocenters. The molecule has 0 aliphatic heterocycles. The fourth-order valence-electron chi connectivity index (χ4n) is 1.76. The molecule has 4 heteroatoms. The lowest BCUT2D eigenvalue weighted by molar-refractivity contribution is -0.138. The van der Waals surface area contributed by atoms with Crippen molar-refractivity contribution < 1.29 is 9.90 Å². The van der Waals surface area contributed by atoms with Crippen LogP contribution in [0.15, 0.2) is 42.5 Å². The van der Waals surface area contributed by atoms with Crippen LogP contribution in [0.2, 0.25) is 0 Å². The van der Waals surface area contributed by atoms with E-state index in [1.54, 1.807) is 6.92 Å². The van der Waals surface area contributed by atoms with Crippen molar-refractivity contribution in [1.82, 2.24) is 4.98 Å². The minimum Gasteiger partial charge on any atom is -0.481 e. The Hall–Kier alpha value is -2.36. The Morgan fingerprint density at radius 2 is 1.89 bits per heavy atom.